The first-order valence-electron chi connectivity index (χ1n) is 6.86. The van der Waals surface area contributed by atoms with Crippen LogP contribution in [0.2, 0.25) is 0 Å². The molecule has 8 nitrogen and oxygen atoms in total. The summed E-state index contributed by atoms with van der Waals surface area (Å²) in [5.41, 5.74) is 0. The van der Waals surface area contributed by atoms with E-state index in [0.717, 1.165) is 25.7 Å². The number of carbonyl (C=O) groups is 2. The number of hydrogen-bond acceptors (Lipinski definition) is 7. The molecular weight excluding hydrogens is 284 g/mol. The lowest BCUT2D eigenvalue weighted by Gasteiger charge is -2.19. The fourth-order valence-corrected chi connectivity index (χ4v) is 1.95. The van der Waals surface area contributed by atoms with Crippen molar-refractivity contribution < 1.29 is 40.2 Å². The van der Waals surface area contributed by atoms with Gasteiger partial charge in [-0.3, -0.25) is 9.59 Å². The zero-order valence-electron chi connectivity index (χ0n) is 11.8. The van der Waals surface area contributed by atoms with Crippen LogP contribution in [-0.4, -0.2) is 73.9 Å². The van der Waals surface area contributed by atoms with E-state index in [4.69, 9.17) is 30.6 Å². The SMILES string of the molecule is O=C(CO)[C@H](O)[C@@H](O)[C@H](O)CO.O=C(O)C1CCCCC1. The Kier molecular flexibility index (Phi) is 10.1. The smallest absolute Gasteiger partial charge is 0.306 e. The number of aliphatic hydroxyl groups excluding tert-OH is 5. The van der Waals surface area contributed by atoms with Crippen molar-refractivity contribution in [1.29, 1.82) is 0 Å². The summed E-state index contributed by atoms with van der Waals surface area (Å²) in [6.45, 7) is -1.69. The van der Waals surface area contributed by atoms with Gasteiger partial charge < -0.3 is 30.6 Å². The van der Waals surface area contributed by atoms with E-state index in [1.54, 1.807) is 0 Å². The van der Waals surface area contributed by atoms with E-state index in [-0.39, 0.29) is 5.92 Å². The van der Waals surface area contributed by atoms with Crippen molar-refractivity contribution in [2.45, 2.75) is 50.4 Å². The summed E-state index contributed by atoms with van der Waals surface area (Å²) in [6, 6.07) is 0. The summed E-state index contributed by atoms with van der Waals surface area (Å²) in [7, 11) is 0. The molecule has 8 heteroatoms. The Hall–Kier alpha value is -1.06. The van der Waals surface area contributed by atoms with Crippen molar-refractivity contribution in [3.05, 3.63) is 0 Å². The Morgan fingerprint density at radius 2 is 1.52 bits per heavy atom. The molecule has 1 aliphatic rings. The predicted molar refractivity (Wildman–Crippen MR) is 71.4 cm³/mol. The third-order valence-corrected chi connectivity index (χ3v) is 3.34. The Bertz CT molecular complexity index is 313. The van der Waals surface area contributed by atoms with Gasteiger partial charge in [0.15, 0.2) is 5.78 Å². The second kappa shape index (κ2) is 10.6. The van der Waals surface area contributed by atoms with Gasteiger partial charge in [-0.15, -0.1) is 0 Å². The highest BCUT2D eigenvalue weighted by atomic mass is 16.4. The summed E-state index contributed by atoms with van der Waals surface area (Å²) >= 11 is 0. The highest BCUT2D eigenvalue weighted by molar-refractivity contribution is 5.84. The standard InChI is InChI=1S/C7H12O2.C6H12O6/c8-7(9)6-4-2-1-3-5-6;7-1-3(9)5(11)6(12)4(10)2-8/h6H,1-5H2,(H,8,9);3,5-9,11-12H,1-2H2/t;3-,5+,6+/m.1/s1. The Morgan fingerprint density at radius 1 is 1.00 bits per heavy atom. The predicted octanol–water partition coefficient (Wildman–Crippen LogP) is -1.73. The van der Waals surface area contributed by atoms with E-state index in [1.165, 1.54) is 6.42 Å². The lowest BCUT2D eigenvalue weighted by molar-refractivity contribution is -0.143. The van der Waals surface area contributed by atoms with E-state index in [0.29, 0.717) is 0 Å². The van der Waals surface area contributed by atoms with Crippen molar-refractivity contribution in [2.24, 2.45) is 5.92 Å². The first kappa shape index (κ1) is 19.9. The maximum absolute atomic E-state index is 10.5. The van der Waals surface area contributed by atoms with Gasteiger partial charge in [0.1, 0.15) is 24.9 Å². The zero-order chi connectivity index (χ0) is 16.4. The van der Waals surface area contributed by atoms with Crippen LogP contribution in [0, 0.1) is 5.92 Å². The molecule has 0 aromatic rings. The van der Waals surface area contributed by atoms with Crippen LogP contribution in [0.15, 0.2) is 0 Å². The molecule has 0 aliphatic heterocycles. The van der Waals surface area contributed by atoms with Crippen molar-refractivity contribution in [2.75, 3.05) is 13.2 Å². The largest absolute Gasteiger partial charge is 0.481 e. The molecule has 0 unspecified atom stereocenters. The minimum atomic E-state index is -1.86. The van der Waals surface area contributed by atoms with Crippen LogP contribution in [0.3, 0.4) is 0 Å². The molecule has 3 atom stereocenters. The average Bonchev–Trinajstić information content (AvgIpc) is 2.53. The summed E-state index contributed by atoms with van der Waals surface area (Å²) in [4.78, 5) is 20.9. The van der Waals surface area contributed by atoms with Gasteiger partial charge in [0.2, 0.25) is 0 Å². The minimum Gasteiger partial charge on any atom is -0.481 e. The van der Waals surface area contributed by atoms with Crippen molar-refractivity contribution in [3.8, 4) is 0 Å². The number of hydrogen-bond donors (Lipinski definition) is 6. The third kappa shape index (κ3) is 7.49. The maximum atomic E-state index is 10.5. The summed E-state index contributed by atoms with van der Waals surface area (Å²) in [5.74, 6) is -1.64. The number of aliphatic carboxylic acids is 1. The molecule has 0 radical (unpaired) electrons. The lowest BCUT2D eigenvalue weighted by Crippen LogP contribution is -2.44. The molecule has 124 valence electrons. The molecule has 1 saturated carbocycles. The van der Waals surface area contributed by atoms with Crippen LogP contribution in [0.25, 0.3) is 0 Å². The number of carboxylic acid groups (broad SMARTS) is 1. The van der Waals surface area contributed by atoms with Gasteiger partial charge >= 0.3 is 5.97 Å². The topological polar surface area (TPSA) is 156 Å². The molecule has 0 saturated heterocycles. The molecular formula is C13H24O8. The fourth-order valence-electron chi connectivity index (χ4n) is 1.95. The van der Waals surface area contributed by atoms with Crippen molar-refractivity contribution >= 4 is 11.8 Å². The fraction of sp³-hybridized carbons (Fsp3) is 0.846. The second-order valence-electron chi connectivity index (χ2n) is 4.98. The van der Waals surface area contributed by atoms with Gasteiger partial charge in [0, 0.05) is 0 Å². The van der Waals surface area contributed by atoms with Gasteiger partial charge in [0.25, 0.3) is 0 Å². The molecule has 21 heavy (non-hydrogen) atoms. The van der Waals surface area contributed by atoms with E-state index >= 15 is 0 Å². The minimum absolute atomic E-state index is 0.0289. The number of carboxylic acids is 1. The van der Waals surface area contributed by atoms with Crippen molar-refractivity contribution in [3.63, 3.8) is 0 Å². The van der Waals surface area contributed by atoms with E-state index in [9.17, 15) is 9.59 Å². The van der Waals surface area contributed by atoms with Gasteiger partial charge in [-0.05, 0) is 12.8 Å². The van der Waals surface area contributed by atoms with Gasteiger partial charge in [-0.25, -0.2) is 0 Å². The average molecular weight is 308 g/mol. The third-order valence-electron chi connectivity index (χ3n) is 3.34. The number of carbonyl (C=O) groups excluding carboxylic acids is 1. The molecule has 0 aromatic carbocycles. The highest BCUT2D eigenvalue weighted by Crippen LogP contribution is 2.23. The van der Waals surface area contributed by atoms with Gasteiger partial charge in [-0.2, -0.15) is 0 Å². The lowest BCUT2D eigenvalue weighted by atomic mass is 9.90. The molecule has 0 aromatic heterocycles. The number of aliphatic hydroxyl groups is 5. The van der Waals surface area contributed by atoms with Crippen LogP contribution in [0.4, 0.5) is 0 Å². The van der Waals surface area contributed by atoms with Gasteiger partial charge in [-0.1, -0.05) is 19.3 Å². The molecule has 1 aliphatic carbocycles. The quantitative estimate of drug-likeness (QED) is 0.338. The molecule has 0 spiro atoms. The zero-order valence-corrected chi connectivity index (χ0v) is 11.8. The van der Waals surface area contributed by atoms with Gasteiger partial charge in [0.05, 0.1) is 12.5 Å². The summed E-state index contributed by atoms with van der Waals surface area (Å²) < 4.78 is 0. The first-order valence-corrected chi connectivity index (χ1v) is 6.86. The molecule has 6 N–H and O–H groups in total. The van der Waals surface area contributed by atoms with Crippen LogP contribution < -0.4 is 0 Å². The number of Topliss-reactive ketones (excluding diaryl/α,β-unsaturated/α-hetero) is 1. The van der Waals surface area contributed by atoms with Crippen LogP contribution in [0.1, 0.15) is 32.1 Å². The number of rotatable bonds is 6. The van der Waals surface area contributed by atoms with Crippen LogP contribution in [-0.2, 0) is 9.59 Å². The molecule has 0 amide bonds. The maximum Gasteiger partial charge on any atom is 0.306 e. The highest BCUT2D eigenvalue weighted by Gasteiger charge is 2.28. The number of ketones is 1. The molecule has 0 bridgehead atoms. The Labute approximate surface area is 122 Å². The second-order valence-corrected chi connectivity index (χ2v) is 4.98. The van der Waals surface area contributed by atoms with E-state index in [1.807, 2.05) is 0 Å². The summed E-state index contributed by atoms with van der Waals surface area (Å²) in [6.07, 6.45) is 0.0184. The molecule has 1 rings (SSSR count). The normalized spacial score (nSPS) is 19.9. The van der Waals surface area contributed by atoms with E-state index in [2.05, 4.69) is 0 Å². The molecule has 0 heterocycles. The summed E-state index contributed by atoms with van der Waals surface area (Å²) in [5, 5.41) is 51.6. The van der Waals surface area contributed by atoms with Crippen LogP contribution in [0.5, 0.6) is 0 Å². The van der Waals surface area contributed by atoms with E-state index < -0.39 is 43.3 Å². The Balaban J connectivity index is 0.000000394. The Morgan fingerprint density at radius 3 is 1.86 bits per heavy atom. The monoisotopic (exact) mass is 308 g/mol. The first-order chi connectivity index (χ1) is 9.84. The van der Waals surface area contributed by atoms with Crippen molar-refractivity contribution in [1.82, 2.24) is 0 Å². The van der Waals surface area contributed by atoms with Crippen LogP contribution >= 0.6 is 0 Å². The molecule has 1 fully saturated rings.